The molecule has 0 aromatic heterocycles. The maximum absolute atomic E-state index is 11.3. The van der Waals surface area contributed by atoms with Crippen molar-refractivity contribution in [3.63, 3.8) is 0 Å². The van der Waals surface area contributed by atoms with Crippen molar-refractivity contribution in [1.82, 2.24) is 0 Å². The fraction of sp³-hybridized carbons (Fsp3) is 0.364. The van der Waals surface area contributed by atoms with E-state index in [1.54, 1.807) is 31.2 Å². The van der Waals surface area contributed by atoms with Gasteiger partial charge in [-0.25, -0.2) is 8.42 Å². The van der Waals surface area contributed by atoms with E-state index in [4.69, 9.17) is 0 Å². The predicted molar refractivity (Wildman–Crippen MR) is 65.4 cm³/mol. The van der Waals surface area contributed by atoms with E-state index in [9.17, 15) is 18.3 Å². The van der Waals surface area contributed by atoms with E-state index in [0.29, 0.717) is 5.69 Å². The molecule has 1 amide bonds. The van der Waals surface area contributed by atoms with Gasteiger partial charge < -0.3 is 10.4 Å². The van der Waals surface area contributed by atoms with Crippen LogP contribution in [0.2, 0.25) is 0 Å². The van der Waals surface area contributed by atoms with Crippen LogP contribution >= 0.6 is 0 Å². The molecule has 1 aromatic carbocycles. The normalized spacial score (nSPS) is 13.1. The van der Waals surface area contributed by atoms with Crippen molar-refractivity contribution in [2.75, 3.05) is 17.3 Å². The number of rotatable bonds is 4. The van der Waals surface area contributed by atoms with Gasteiger partial charge in [0.05, 0.1) is 6.10 Å². The summed E-state index contributed by atoms with van der Waals surface area (Å²) in [6, 6.07) is 6.56. The Bertz CT molecular complexity index is 491. The van der Waals surface area contributed by atoms with E-state index in [1.165, 1.54) is 0 Å². The molecule has 1 rings (SSSR count). The standard InChI is InChI=1S/C11H15NO4S/c1-8(13)9-3-5-10(6-4-9)12-11(14)7-17(2,15)16/h3-6,8,13H,7H2,1-2H3,(H,12,14). The van der Waals surface area contributed by atoms with Gasteiger partial charge in [0.15, 0.2) is 9.84 Å². The van der Waals surface area contributed by atoms with Crippen molar-refractivity contribution in [3.05, 3.63) is 29.8 Å². The first kappa shape index (κ1) is 13.7. The Kier molecular flexibility index (Phi) is 4.25. The smallest absolute Gasteiger partial charge is 0.239 e. The summed E-state index contributed by atoms with van der Waals surface area (Å²) in [6.07, 6.45) is 0.430. The maximum atomic E-state index is 11.3. The predicted octanol–water partition coefficient (Wildman–Crippen LogP) is 0.723. The summed E-state index contributed by atoms with van der Waals surface area (Å²) in [4.78, 5) is 11.3. The highest BCUT2D eigenvalue weighted by Gasteiger charge is 2.10. The Morgan fingerprint density at radius 1 is 1.35 bits per heavy atom. The highest BCUT2D eigenvalue weighted by Crippen LogP contribution is 2.15. The van der Waals surface area contributed by atoms with Gasteiger partial charge in [-0.1, -0.05) is 12.1 Å². The van der Waals surface area contributed by atoms with E-state index in [0.717, 1.165) is 11.8 Å². The monoisotopic (exact) mass is 257 g/mol. The molecule has 0 radical (unpaired) electrons. The molecule has 0 saturated carbocycles. The van der Waals surface area contributed by atoms with Gasteiger partial charge >= 0.3 is 0 Å². The molecule has 0 aliphatic rings. The largest absolute Gasteiger partial charge is 0.389 e. The maximum Gasteiger partial charge on any atom is 0.239 e. The van der Waals surface area contributed by atoms with Crippen LogP contribution in [-0.4, -0.2) is 31.4 Å². The van der Waals surface area contributed by atoms with Gasteiger partial charge in [0, 0.05) is 11.9 Å². The number of sulfone groups is 1. The quantitative estimate of drug-likeness (QED) is 0.832. The molecule has 6 heteroatoms. The van der Waals surface area contributed by atoms with E-state index in [1.807, 2.05) is 0 Å². The lowest BCUT2D eigenvalue weighted by Gasteiger charge is -2.07. The van der Waals surface area contributed by atoms with Gasteiger partial charge in [-0.05, 0) is 24.6 Å². The molecule has 17 heavy (non-hydrogen) atoms. The Balaban J connectivity index is 2.67. The van der Waals surface area contributed by atoms with Crippen LogP contribution < -0.4 is 5.32 Å². The first-order valence-electron chi connectivity index (χ1n) is 5.03. The third-order valence-corrected chi connectivity index (χ3v) is 2.86. The fourth-order valence-corrected chi connectivity index (χ4v) is 1.83. The van der Waals surface area contributed by atoms with Crippen LogP contribution in [0, 0.1) is 0 Å². The average Bonchev–Trinajstić information content (AvgIpc) is 2.15. The van der Waals surface area contributed by atoms with Crippen molar-refractivity contribution in [2.45, 2.75) is 13.0 Å². The van der Waals surface area contributed by atoms with Gasteiger partial charge in [-0.15, -0.1) is 0 Å². The summed E-state index contributed by atoms with van der Waals surface area (Å²) >= 11 is 0. The van der Waals surface area contributed by atoms with E-state index in [2.05, 4.69) is 5.32 Å². The summed E-state index contributed by atoms with van der Waals surface area (Å²) in [7, 11) is -3.32. The van der Waals surface area contributed by atoms with Crippen molar-refractivity contribution < 1.29 is 18.3 Å². The first-order valence-corrected chi connectivity index (χ1v) is 7.09. The second-order valence-corrected chi connectivity index (χ2v) is 6.06. The van der Waals surface area contributed by atoms with Gasteiger partial charge in [0.25, 0.3) is 0 Å². The molecule has 0 fully saturated rings. The minimum Gasteiger partial charge on any atom is -0.389 e. The van der Waals surface area contributed by atoms with Gasteiger partial charge in [-0.3, -0.25) is 4.79 Å². The molecule has 0 heterocycles. The molecular formula is C11H15NO4S. The lowest BCUT2D eigenvalue weighted by Crippen LogP contribution is -2.21. The van der Waals surface area contributed by atoms with Crippen molar-refractivity contribution in [2.24, 2.45) is 0 Å². The van der Waals surface area contributed by atoms with E-state index in [-0.39, 0.29) is 0 Å². The second kappa shape index (κ2) is 5.29. The zero-order chi connectivity index (χ0) is 13.1. The average molecular weight is 257 g/mol. The van der Waals surface area contributed by atoms with Crippen LogP contribution in [-0.2, 0) is 14.6 Å². The Hall–Kier alpha value is -1.40. The topological polar surface area (TPSA) is 83.5 Å². The number of carbonyl (C=O) groups excluding carboxylic acids is 1. The van der Waals surface area contributed by atoms with E-state index < -0.39 is 27.6 Å². The molecule has 2 N–H and O–H groups in total. The lowest BCUT2D eigenvalue weighted by atomic mass is 10.1. The number of amides is 1. The molecule has 1 unspecified atom stereocenters. The van der Waals surface area contributed by atoms with Crippen LogP contribution in [0.25, 0.3) is 0 Å². The number of benzene rings is 1. The zero-order valence-electron chi connectivity index (χ0n) is 9.67. The molecule has 1 aromatic rings. The third kappa shape index (κ3) is 4.97. The van der Waals surface area contributed by atoms with Gasteiger partial charge in [0.1, 0.15) is 5.75 Å². The summed E-state index contributed by atoms with van der Waals surface area (Å²) in [5.41, 5.74) is 1.23. The highest BCUT2D eigenvalue weighted by atomic mass is 32.2. The van der Waals surface area contributed by atoms with Gasteiger partial charge in [-0.2, -0.15) is 0 Å². The number of aliphatic hydroxyl groups excluding tert-OH is 1. The third-order valence-electron chi connectivity index (χ3n) is 2.07. The molecule has 0 aliphatic carbocycles. The number of nitrogens with one attached hydrogen (secondary N) is 1. The molecule has 94 valence electrons. The van der Waals surface area contributed by atoms with Gasteiger partial charge in [0.2, 0.25) is 5.91 Å². The number of hydrogen-bond acceptors (Lipinski definition) is 4. The first-order chi connectivity index (χ1) is 7.78. The SMILES string of the molecule is CC(O)c1ccc(NC(=O)CS(C)(=O)=O)cc1. The Labute approximate surface area is 100 Å². The highest BCUT2D eigenvalue weighted by molar-refractivity contribution is 7.91. The minimum absolute atomic E-state index is 0.503. The van der Waals surface area contributed by atoms with Crippen LogP contribution in [0.3, 0.4) is 0 Å². The summed E-state index contributed by atoms with van der Waals surface area (Å²) in [5.74, 6) is -1.11. The number of hydrogen-bond donors (Lipinski definition) is 2. The Morgan fingerprint density at radius 2 is 1.88 bits per heavy atom. The molecule has 0 saturated heterocycles. The van der Waals surface area contributed by atoms with Crippen molar-refractivity contribution >= 4 is 21.4 Å². The van der Waals surface area contributed by atoms with Crippen LogP contribution in [0.1, 0.15) is 18.6 Å². The van der Waals surface area contributed by atoms with E-state index >= 15 is 0 Å². The van der Waals surface area contributed by atoms with Crippen LogP contribution in [0.15, 0.2) is 24.3 Å². The molecular weight excluding hydrogens is 242 g/mol. The number of aliphatic hydroxyl groups is 1. The van der Waals surface area contributed by atoms with Crippen molar-refractivity contribution in [3.8, 4) is 0 Å². The molecule has 0 spiro atoms. The fourth-order valence-electron chi connectivity index (χ4n) is 1.28. The summed E-state index contributed by atoms with van der Waals surface area (Å²) in [6.45, 7) is 1.64. The summed E-state index contributed by atoms with van der Waals surface area (Å²) < 4.78 is 21.8. The van der Waals surface area contributed by atoms with Crippen molar-refractivity contribution in [1.29, 1.82) is 0 Å². The molecule has 5 nitrogen and oxygen atoms in total. The lowest BCUT2D eigenvalue weighted by molar-refractivity contribution is -0.113. The second-order valence-electron chi connectivity index (χ2n) is 3.92. The number of anilines is 1. The molecule has 0 bridgehead atoms. The zero-order valence-corrected chi connectivity index (χ0v) is 10.5. The van der Waals surface area contributed by atoms with Crippen LogP contribution in [0.4, 0.5) is 5.69 Å². The summed E-state index contributed by atoms with van der Waals surface area (Å²) in [5, 5.41) is 11.7. The number of carbonyl (C=O) groups is 1. The van der Waals surface area contributed by atoms with Crippen LogP contribution in [0.5, 0.6) is 0 Å². The Morgan fingerprint density at radius 3 is 2.29 bits per heavy atom. The molecule has 0 aliphatic heterocycles. The molecule has 1 atom stereocenters. The minimum atomic E-state index is -3.32.